The molecule has 0 radical (unpaired) electrons. The maximum atomic E-state index is 11.3. The summed E-state index contributed by atoms with van der Waals surface area (Å²) in [4.78, 5) is 11.3. The molecule has 0 amide bonds. The van der Waals surface area contributed by atoms with Gasteiger partial charge in [0.15, 0.2) is 6.29 Å². The largest absolute Gasteiger partial charge is 0.298 e. The number of hydrogen-bond acceptors (Lipinski definition) is 2. The highest BCUT2D eigenvalue weighted by molar-refractivity contribution is 9.10. The monoisotopic (exact) mass is 340 g/mol. The van der Waals surface area contributed by atoms with Crippen LogP contribution in [0.1, 0.15) is 15.9 Å². The molecule has 0 N–H and O–H groups in total. The highest BCUT2D eigenvalue weighted by Gasteiger charge is 2.13. The summed E-state index contributed by atoms with van der Waals surface area (Å²) in [5.41, 5.74) is 4.30. The molecular weight excluding hydrogens is 328 g/mol. The van der Waals surface area contributed by atoms with Crippen molar-refractivity contribution in [3.05, 3.63) is 70.3 Å². The number of benzene rings is 2. The lowest BCUT2D eigenvalue weighted by Crippen LogP contribution is -1.94. The third-order valence-corrected chi connectivity index (χ3v) is 3.89. The molecule has 0 aliphatic heterocycles. The first-order chi connectivity index (χ1) is 10.2. The summed E-state index contributed by atoms with van der Waals surface area (Å²) < 4.78 is 2.74. The number of carbonyl (C=O) groups excluding carboxylic acids is 1. The number of aryl methyl sites for hydroxylation is 1. The molecule has 4 heteroatoms. The van der Waals surface area contributed by atoms with Crippen LogP contribution >= 0.6 is 15.9 Å². The Labute approximate surface area is 131 Å². The first kappa shape index (κ1) is 13.8. The molecule has 0 aliphatic carbocycles. The molecule has 21 heavy (non-hydrogen) atoms. The maximum absolute atomic E-state index is 11.3. The summed E-state index contributed by atoms with van der Waals surface area (Å²) in [6.07, 6.45) is 2.61. The van der Waals surface area contributed by atoms with Gasteiger partial charge in [-0.05, 0) is 36.8 Å². The standard InChI is InChI=1S/C17H13BrN2O/c1-12-4-2-3-5-16(12)17-13(11-21)10-20(19-17)15-8-6-14(18)7-9-15/h2-11H,1H3. The van der Waals surface area contributed by atoms with E-state index in [1.165, 1.54) is 0 Å². The smallest absolute Gasteiger partial charge is 0.153 e. The van der Waals surface area contributed by atoms with Gasteiger partial charge in [0.25, 0.3) is 0 Å². The second-order valence-electron chi connectivity index (χ2n) is 4.79. The average Bonchev–Trinajstić information content (AvgIpc) is 2.92. The second-order valence-corrected chi connectivity index (χ2v) is 5.70. The van der Waals surface area contributed by atoms with Crippen LogP contribution in [0.5, 0.6) is 0 Å². The van der Waals surface area contributed by atoms with Gasteiger partial charge in [-0.15, -0.1) is 0 Å². The van der Waals surface area contributed by atoms with Crippen molar-refractivity contribution in [2.75, 3.05) is 0 Å². The van der Waals surface area contributed by atoms with Gasteiger partial charge < -0.3 is 0 Å². The zero-order valence-electron chi connectivity index (χ0n) is 11.5. The van der Waals surface area contributed by atoms with Crippen molar-refractivity contribution in [1.82, 2.24) is 9.78 Å². The Morgan fingerprint density at radius 3 is 2.48 bits per heavy atom. The Kier molecular flexibility index (Phi) is 3.71. The number of halogens is 1. The summed E-state index contributed by atoms with van der Waals surface area (Å²) in [6.45, 7) is 2.02. The molecule has 1 aromatic heterocycles. The molecule has 2 aromatic carbocycles. The lowest BCUT2D eigenvalue weighted by Gasteiger charge is -2.03. The topological polar surface area (TPSA) is 34.9 Å². The molecule has 0 atom stereocenters. The Hall–Kier alpha value is -2.20. The van der Waals surface area contributed by atoms with Crippen molar-refractivity contribution in [2.24, 2.45) is 0 Å². The summed E-state index contributed by atoms with van der Waals surface area (Å²) in [6, 6.07) is 15.7. The number of aromatic nitrogens is 2. The fourth-order valence-electron chi connectivity index (χ4n) is 2.25. The highest BCUT2D eigenvalue weighted by Crippen LogP contribution is 2.25. The number of nitrogens with zero attached hydrogens (tertiary/aromatic N) is 2. The van der Waals surface area contributed by atoms with Crippen molar-refractivity contribution in [1.29, 1.82) is 0 Å². The molecular formula is C17H13BrN2O. The van der Waals surface area contributed by atoms with Gasteiger partial charge in [0.1, 0.15) is 5.69 Å². The first-order valence-corrected chi connectivity index (χ1v) is 7.35. The lowest BCUT2D eigenvalue weighted by molar-refractivity contribution is 0.112. The predicted octanol–water partition coefficient (Wildman–Crippen LogP) is 4.42. The SMILES string of the molecule is Cc1ccccc1-c1nn(-c2ccc(Br)cc2)cc1C=O. The van der Waals surface area contributed by atoms with E-state index >= 15 is 0 Å². The van der Waals surface area contributed by atoms with Crippen LogP contribution in [-0.2, 0) is 0 Å². The van der Waals surface area contributed by atoms with Crippen LogP contribution in [0, 0.1) is 6.92 Å². The fraction of sp³-hybridized carbons (Fsp3) is 0.0588. The zero-order chi connectivity index (χ0) is 14.8. The van der Waals surface area contributed by atoms with Crippen LogP contribution in [-0.4, -0.2) is 16.1 Å². The van der Waals surface area contributed by atoms with Gasteiger partial charge >= 0.3 is 0 Å². The van der Waals surface area contributed by atoms with Crippen LogP contribution in [0.25, 0.3) is 16.9 Å². The Bertz CT molecular complexity index is 791. The third kappa shape index (κ3) is 2.67. The van der Waals surface area contributed by atoms with E-state index in [-0.39, 0.29) is 0 Å². The van der Waals surface area contributed by atoms with E-state index in [4.69, 9.17) is 0 Å². The normalized spacial score (nSPS) is 10.6. The van der Waals surface area contributed by atoms with Gasteiger partial charge in [0, 0.05) is 16.2 Å². The third-order valence-electron chi connectivity index (χ3n) is 3.36. The minimum Gasteiger partial charge on any atom is -0.298 e. The Morgan fingerprint density at radius 1 is 1.10 bits per heavy atom. The van der Waals surface area contributed by atoms with Crippen molar-refractivity contribution >= 4 is 22.2 Å². The van der Waals surface area contributed by atoms with Crippen LogP contribution < -0.4 is 0 Å². The molecule has 0 unspecified atom stereocenters. The molecule has 0 aliphatic rings. The molecule has 3 nitrogen and oxygen atoms in total. The molecule has 0 saturated heterocycles. The van der Waals surface area contributed by atoms with E-state index in [0.717, 1.165) is 27.6 Å². The van der Waals surface area contributed by atoms with E-state index < -0.39 is 0 Å². The van der Waals surface area contributed by atoms with Crippen molar-refractivity contribution in [2.45, 2.75) is 6.92 Å². The van der Waals surface area contributed by atoms with Crippen LogP contribution in [0.2, 0.25) is 0 Å². The molecule has 3 aromatic rings. The van der Waals surface area contributed by atoms with Crippen molar-refractivity contribution in [3.63, 3.8) is 0 Å². The van der Waals surface area contributed by atoms with E-state index in [1.54, 1.807) is 10.9 Å². The maximum Gasteiger partial charge on any atom is 0.153 e. The minimum atomic E-state index is 0.590. The quantitative estimate of drug-likeness (QED) is 0.661. The highest BCUT2D eigenvalue weighted by atomic mass is 79.9. The summed E-state index contributed by atoms with van der Waals surface area (Å²) >= 11 is 3.41. The van der Waals surface area contributed by atoms with Gasteiger partial charge in [-0.3, -0.25) is 4.79 Å². The van der Waals surface area contributed by atoms with Crippen molar-refractivity contribution in [3.8, 4) is 16.9 Å². The number of aldehydes is 1. The second kappa shape index (κ2) is 5.66. The summed E-state index contributed by atoms with van der Waals surface area (Å²) in [7, 11) is 0. The number of hydrogen-bond donors (Lipinski definition) is 0. The van der Waals surface area contributed by atoms with E-state index in [0.29, 0.717) is 11.3 Å². The van der Waals surface area contributed by atoms with Crippen LogP contribution in [0.15, 0.2) is 59.2 Å². The molecule has 0 fully saturated rings. The average molecular weight is 341 g/mol. The predicted molar refractivity (Wildman–Crippen MR) is 86.8 cm³/mol. The van der Waals surface area contributed by atoms with Gasteiger partial charge in [0.05, 0.1) is 11.3 Å². The van der Waals surface area contributed by atoms with Crippen LogP contribution in [0.3, 0.4) is 0 Å². The van der Waals surface area contributed by atoms with Gasteiger partial charge in [0.2, 0.25) is 0 Å². The van der Waals surface area contributed by atoms with E-state index in [1.807, 2.05) is 55.5 Å². The van der Waals surface area contributed by atoms with E-state index in [2.05, 4.69) is 21.0 Å². The summed E-state index contributed by atoms with van der Waals surface area (Å²) in [5, 5.41) is 4.58. The zero-order valence-corrected chi connectivity index (χ0v) is 13.0. The molecule has 0 saturated carbocycles. The first-order valence-electron chi connectivity index (χ1n) is 6.56. The molecule has 1 heterocycles. The van der Waals surface area contributed by atoms with Crippen LogP contribution in [0.4, 0.5) is 0 Å². The Morgan fingerprint density at radius 2 is 1.81 bits per heavy atom. The molecule has 104 valence electrons. The molecule has 3 rings (SSSR count). The Balaban J connectivity index is 2.13. The molecule has 0 bridgehead atoms. The summed E-state index contributed by atoms with van der Waals surface area (Å²) in [5.74, 6) is 0. The lowest BCUT2D eigenvalue weighted by atomic mass is 10.0. The van der Waals surface area contributed by atoms with Gasteiger partial charge in [-0.2, -0.15) is 5.10 Å². The molecule has 0 spiro atoms. The van der Waals surface area contributed by atoms with E-state index in [9.17, 15) is 4.79 Å². The minimum absolute atomic E-state index is 0.590. The fourth-order valence-corrected chi connectivity index (χ4v) is 2.51. The van der Waals surface area contributed by atoms with Gasteiger partial charge in [-0.25, -0.2) is 4.68 Å². The number of rotatable bonds is 3. The van der Waals surface area contributed by atoms with Gasteiger partial charge in [-0.1, -0.05) is 40.2 Å². The van der Waals surface area contributed by atoms with Crippen molar-refractivity contribution < 1.29 is 4.79 Å². The number of carbonyl (C=O) groups is 1.